The monoisotopic (exact) mass is 239 g/mol. The average Bonchev–Trinajstić information content (AvgIpc) is 2.26. The minimum Gasteiger partial charge on any atom is -0.313 e. The molecular formula is C14H22ClN. The molecule has 0 radical (unpaired) electrons. The highest BCUT2D eigenvalue weighted by atomic mass is 35.5. The number of halogens is 1. The zero-order valence-electron chi connectivity index (χ0n) is 10.7. The van der Waals surface area contributed by atoms with Gasteiger partial charge in [0, 0.05) is 11.1 Å². The SMILES string of the molecule is CCC(C)CC(NC)c1ccc(C)cc1Cl. The summed E-state index contributed by atoms with van der Waals surface area (Å²) in [6, 6.07) is 6.67. The Balaban J connectivity index is 2.86. The molecule has 0 heterocycles. The van der Waals surface area contributed by atoms with E-state index in [4.69, 9.17) is 11.6 Å². The first-order valence-electron chi connectivity index (χ1n) is 6.01. The van der Waals surface area contributed by atoms with Crippen molar-refractivity contribution < 1.29 is 0 Å². The molecule has 0 aliphatic carbocycles. The number of benzene rings is 1. The summed E-state index contributed by atoms with van der Waals surface area (Å²) in [5.41, 5.74) is 2.43. The van der Waals surface area contributed by atoms with Crippen LogP contribution in [0.25, 0.3) is 0 Å². The Morgan fingerprint density at radius 2 is 2.06 bits per heavy atom. The first-order chi connectivity index (χ1) is 7.58. The molecule has 16 heavy (non-hydrogen) atoms. The molecule has 1 N–H and O–H groups in total. The molecule has 0 aromatic heterocycles. The van der Waals surface area contributed by atoms with E-state index in [0.29, 0.717) is 6.04 Å². The van der Waals surface area contributed by atoms with Gasteiger partial charge in [-0.25, -0.2) is 0 Å². The molecule has 1 aromatic rings. The number of aryl methyl sites for hydroxylation is 1. The molecule has 0 saturated carbocycles. The Morgan fingerprint density at radius 3 is 2.56 bits per heavy atom. The van der Waals surface area contributed by atoms with Crippen LogP contribution in [0, 0.1) is 12.8 Å². The third-order valence-corrected chi connectivity index (χ3v) is 3.54. The van der Waals surface area contributed by atoms with Crippen LogP contribution < -0.4 is 5.32 Å². The molecule has 2 atom stereocenters. The molecule has 1 rings (SSSR count). The summed E-state index contributed by atoms with van der Waals surface area (Å²) in [4.78, 5) is 0. The second kappa shape index (κ2) is 6.27. The van der Waals surface area contributed by atoms with Crippen LogP contribution in [-0.4, -0.2) is 7.05 Å². The first kappa shape index (κ1) is 13.5. The fourth-order valence-corrected chi connectivity index (χ4v) is 2.25. The number of rotatable bonds is 5. The van der Waals surface area contributed by atoms with E-state index in [9.17, 15) is 0 Å². The van der Waals surface area contributed by atoms with Crippen LogP contribution in [0.3, 0.4) is 0 Å². The molecule has 90 valence electrons. The molecule has 2 heteroatoms. The fourth-order valence-electron chi connectivity index (χ4n) is 1.88. The summed E-state index contributed by atoms with van der Waals surface area (Å²) < 4.78 is 0. The molecule has 1 aromatic carbocycles. The zero-order valence-corrected chi connectivity index (χ0v) is 11.4. The Morgan fingerprint density at radius 1 is 1.38 bits per heavy atom. The van der Waals surface area contributed by atoms with Crippen molar-refractivity contribution >= 4 is 11.6 Å². The Bertz CT molecular complexity index is 336. The predicted octanol–water partition coefficient (Wildman–Crippen LogP) is 4.35. The second-order valence-corrected chi connectivity index (χ2v) is 5.02. The zero-order chi connectivity index (χ0) is 12.1. The van der Waals surface area contributed by atoms with Gasteiger partial charge in [0.1, 0.15) is 0 Å². The van der Waals surface area contributed by atoms with Gasteiger partial charge in [-0.3, -0.25) is 0 Å². The van der Waals surface area contributed by atoms with E-state index in [-0.39, 0.29) is 0 Å². The van der Waals surface area contributed by atoms with Crippen molar-refractivity contribution in [1.29, 1.82) is 0 Å². The largest absolute Gasteiger partial charge is 0.313 e. The van der Waals surface area contributed by atoms with Gasteiger partial charge in [-0.15, -0.1) is 0 Å². The van der Waals surface area contributed by atoms with Gasteiger partial charge < -0.3 is 5.32 Å². The van der Waals surface area contributed by atoms with Crippen LogP contribution >= 0.6 is 11.6 Å². The lowest BCUT2D eigenvalue weighted by atomic mass is 9.94. The van der Waals surface area contributed by atoms with Gasteiger partial charge in [0.15, 0.2) is 0 Å². The van der Waals surface area contributed by atoms with Crippen molar-refractivity contribution in [2.45, 2.75) is 39.7 Å². The van der Waals surface area contributed by atoms with Crippen molar-refractivity contribution in [3.05, 3.63) is 34.3 Å². The van der Waals surface area contributed by atoms with Gasteiger partial charge in [-0.05, 0) is 43.5 Å². The minimum atomic E-state index is 0.364. The number of nitrogens with one attached hydrogen (secondary N) is 1. The molecule has 0 fully saturated rings. The molecule has 0 aliphatic rings. The second-order valence-electron chi connectivity index (χ2n) is 4.62. The molecule has 2 unspecified atom stereocenters. The Hall–Kier alpha value is -0.530. The van der Waals surface area contributed by atoms with Crippen molar-refractivity contribution in [1.82, 2.24) is 5.32 Å². The van der Waals surface area contributed by atoms with Gasteiger partial charge in [0.25, 0.3) is 0 Å². The molecule has 0 aliphatic heterocycles. The fraction of sp³-hybridized carbons (Fsp3) is 0.571. The maximum Gasteiger partial charge on any atom is 0.0456 e. The van der Waals surface area contributed by atoms with Gasteiger partial charge in [0.2, 0.25) is 0 Å². The van der Waals surface area contributed by atoms with Crippen molar-refractivity contribution in [2.24, 2.45) is 5.92 Å². The summed E-state index contributed by atoms with van der Waals surface area (Å²) in [7, 11) is 2.00. The average molecular weight is 240 g/mol. The van der Waals surface area contributed by atoms with Gasteiger partial charge in [-0.2, -0.15) is 0 Å². The molecule has 0 saturated heterocycles. The third kappa shape index (κ3) is 3.50. The van der Waals surface area contributed by atoms with E-state index in [1.807, 2.05) is 13.1 Å². The van der Waals surface area contributed by atoms with Crippen LogP contribution in [0.1, 0.15) is 43.9 Å². The van der Waals surface area contributed by atoms with Crippen LogP contribution in [0.15, 0.2) is 18.2 Å². The number of hydrogen-bond acceptors (Lipinski definition) is 1. The standard InChI is InChI=1S/C14H22ClN/c1-5-10(2)9-14(16-4)12-7-6-11(3)8-13(12)15/h6-8,10,14,16H,5,9H2,1-4H3. The maximum absolute atomic E-state index is 6.29. The van der Waals surface area contributed by atoms with Crippen molar-refractivity contribution in [2.75, 3.05) is 7.05 Å². The van der Waals surface area contributed by atoms with E-state index >= 15 is 0 Å². The van der Waals surface area contributed by atoms with Gasteiger partial charge in [0.05, 0.1) is 0 Å². The normalized spacial score (nSPS) is 14.8. The highest BCUT2D eigenvalue weighted by Crippen LogP contribution is 2.29. The van der Waals surface area contributed by atoms with E-state index in [0.717, 1.165) is 17.4 Å². The Labute approximate surface area is 104 Å². The summed E-state index contributed by atoms with van der Waals surface area (Å²) >= 11 is 6.29. The molecule has 1 nitrogen and oxygen atoms in total. The highest BCUT2D eigenvalue weighted by Gasteiger charge is 2.15. The molecule has 0 bridgehead atoms. The predicted molar refractivity (Wildman–Crippen MR) is 72.1 cm³/mol. The molecular weight excluding hydrogens is 218 g/mol. The number of hydrogen-bond donors (Lipinski definition) is 1. The quantitative estimate of drug-likeness (QED) is 0.806. The third-order valence-electron chi connectivity index (χ3n) is 3.21. The van der Waals surface area contributed by atoms with Crippen LogP contribution in [-0.2, 0) is 0 Å². The van der Waals surface area contributed by atoms with Crippen molar-refractivity contribution in [3.63, 3.8) is 0 Å². The first-order valence-corrected chi connectivity index (χ1v) is 6.39. The van der Waals surface area contributed by atoms with E-state index < -0.39 is 0 Å². The summed E-state index contributed by atoms with van der Waals surface area (Å²) in [5.74, 6) is 0.717. The lowest BCUT2D eigenvalue weighted by Gasteiger charge is -2.21. The lowest BCUT2D eigenvalue weighted by Crippen LogP contribution is -2.19. The lowest BCUT2D eigenvalue weighted by molar-refractivity contribution is 0.422. The van der Waals surface area contributed by atoms with Crippen molar-refractivity contribution in [3.8, 4) is 0 Å². The maximum atomic E-state index is 6.29. The smallest absolute Gasteiger partial charge is 0.0456 e. The van der Waals surface area contributed by atoms with Crippen LogP contribution in [0.2, 0.25) is 5.02 Å². The Kier molecular flexibility index (Phi) is 5.30. The van der Waals surface area contributed by atoms with E-state index in [1.54, 1.807) is 0 Å². The summed E-state index contributed by atoms with van der Waals surface area (Å²) in [6.07, 6.45) is 2.34. The van der Waals surface area contributed by atoms with Gasteiger partial charge >= 0.3 is 0 Å². The van der Waals surface area contributed by atoms with Crippen LogP contribution in [0.5, 0.6) is 0 Å². The van der Waals surface area contributed by atoms with Gasteiger partial charge in [-0.1, -0.05) is 44.0 Å². The molecule has 0 spiro atoms. The highest BCUT2D eigenvalue weighted by molar-refractivity contribution is 6.31. The minimum absolute atomic E-state index is 0.364. The van der Waals surface area contributed by atoms with E-state index in [2.05, 4.69) is 38.2 Å². The topological polar surface area (TPSA) is 12.0 Å². The summed E-state index contributed by atoms with van der Waals surface area (Å²) in [5, 5.41) is 4.24. The molecule has 0 amide bonds. The summed E-state index contributed by atoms with van der Waals surface area (Å²) in [6.45, 7) is 6.58. The van der Waals surface area contributed by atoms with Crippen LogP contribution in [0.4, 0.5) is 0 Å². The van der Waals surface area contributed by atoms with E-state index in [1.165, 1.54) is 17.5 Å².